The van der Waals surface area contributed by atoms with Crippen LogP contribution in [0.1, 0.15) is 6.42 Å². The molecule has 2 aromatic rings. The Morgan fingerprint density at radius 2 is 1.67 bits per heavy atom. The number of aliphatic hydroxyl groups excluding tert-OH is 2. The Labute approximate surface area is 144 Å². The smallest absolute Gasteiger partial charge is 0.205 e. The van der Waals surface area contributed by atoms with Crippen LogP contribution in [-0.4, -0.2) is 32.7 Å². The molecule has 0 aliphatic heterocycles. The van der Waals surface area contributed by atoms with E-state index in [0.29, 0.717) is 5.52 Å². The van der Waals surface area contributed by atoms with E-state index in [1.54, 1.807) is 0 Å². The van der Waals surface area contributed by atoms with Crippen LogP contribution in [0.4, 0.5) is 0 Å². The van der Waals surface area contributed by atoms with Gasteiger partial charge < -0.3 is 14.9 Å². The summed E-state index contributed by atoms with van der Waals surface area (Å²) in [5.41, 5.74) is 0.624. The maximum atomic E-state index is 9.47. The first-order valence-corrected chi connectivity index (χ1v) is 7.55. The van der Waals surface area contributed by atoms with Crippen molar-refractivity contribution >= 4 is 69.0 Å². The molecule has 1 aromatic carbocycles. The molecule has 0 saturated heterocycles. The highest BCUT2D eigenvalue weighted by atomic mass is 35.5. The molecule has 5 nitrogen and oxygen atoms in total. The fourth-order valence-corrected chi connectivity index (χ4v) is 2.87. The Morgan fingerprint density at radius 3 is 2.29 bits per heavy atom. The van der Waals surface area contributed by atoms with Crippen molar-refractivity contribution < 1.29 is 14.9 Å². The Hall–Kier alpha value is 0.0200. The molecule has 0 spiro atoms. The van der Waals surface area contributed by atoms with E-state index in [1.807, 2.05) is 0 Å². The van der Waals surface area contributed by atoms with E-state index in [2.05, 4.69) is 4.98 Å². The highest BCUT2D eigenvalue weighted by Gasteiger charge is 2.22. The van der Waals surface area contributed by atoms with E-state index in [1.165, 1.54) is 4.57 Å². The minimum absolute atomic E-state index is 0.0448. The number of ether oxygens (including phenoxy) is 1. The molecule has 116 valence electrons. The Kier molecular flexibility index (Phi) is 5.84. The van der Waals surface area contributed by atoms with Crippen LogP contribution < -0.4 is 0 Å². The number of rotatable bonds is 5. The van der Waals surface area contributed by atoms with Gasteiger partial charge >= 0.3 is 0 Å². The summed E-state index contributed by atoms with van der Waals surface area (Å²) in [6.45, 7) is -0.363. The van der Waals surface area contributed by atoms with Gasteiger partial charge in [-0.2, -0.15) is 0 Å². The first kappa shape index (κ1) is 17.4. The molecule has 1 aromatic heterocycles. The van der Waals surface area contributed by atoms with E-state index >= 15 is 0 Å². The molecule has 0 saturated carbocycles. The molecule has 10 heteroatoms. The highest BCUT2D eigenvalue weighted by Crippen LogP contribution is 2.43. The second-order valence-corrected chi connectivity index (χ2v) is 5.87. The van der Waals surface area contributed by atoms with Gasteiger partial charge in [-0.05, 0) is 11.6 Å². The fourth-order valence-electron chi connectivity index (χ4n) is 1.67. The molecule has 1 atom stereocenters. The molecule has 2 N–H and O–H groups in total. The van der Waals surface area contributed by atoms with Crippen LogP contribution in [0.15, 0.2) is 0 Å². The van der Waals surface area contributed by atoms with Crippen molar-refractivity contribution in [3.63, 3.8) is 0 Å². The number of halogens is 5. The Morgan fingerprint density at radius 1 is 1.05 bits per heavy atom. The number of hydrogen-bond acceptors (Lipinski definition) is 4. The first-order chi connectivity index (χ1) is 9.88. The quantitative estimate of drug-likeness (QED) is 0.457. The monoisotopic (exact) mass is 392 g/mol. The number of benzene rings is 1. The lowest BCUT2D eigenvalue weighted by atomic mass is 10.3. The minimum Gasteiger partial charge on any atom is -0.396 e. The average molecular weight is 394 g/mol. The number of fused-ring (bicyclic) bond motifs is 1. The number of nitrogens with zero attached hydrogens (tertiary/aromatic N) is 2. The lowest BCUT2D eigenvalue weighted by molar-refractivity contribution is -0.132. The number of aliphatic hydroxyl groups is 2. The van der Waals surface area contributed by atoms with Gasteiger partial charge in [-0.25, -0.2) is 4.98 Å². The van der Waals surface area contributed by atoms with Crippen molar-refractivity contribution in [2.75, 3.05) is 6.61 Å². The summed E-state index contributed by atoms with van der Waals surface area (Å²) in [6, 6.07) is 0. The highest BCUT2D eigenvalue weighted by molar-refractivity contribution is 6.55. The van der Waals surface area contributed by atoms with Crippen molar-refractivity contribution in [3.8, 4) is 0 Å². The summed E-state index contributed by atoms with van der Waals surface area (Å²) in [6.07, 6.45) is -1.09. The maximum Gasteiger partial charge on any atom is 0.205 e. The molecular weight excluding hydrogens is 385 g/mol. The van der Waals surface area contributed by atoms with Crippen LogP contribution in [0.3, 0.4) is 0 Å². The number of imidazole rings is 1. The molecule has 2 rings (SSSR count). The van der Waals surface area contributed by atoms with Crippen molar-refractivity contribution in [3.05, 3.63) is 25.4 Å². The normalized spacial score (nSPS) is 13.1. The van der Waals surface area contributed by atoms with Gasteiger partial charge in [0.25, 0.3) is 0 Å². The summed E-state index contributed by atoms with van der Waals surface area (Å²) < 4.78 is 6.52. The lowest BCUT2D eigenvalue weighted by Crippen LogP contribution is -2.16. The molecule has 21 heavy (non-hydrogen) atoms. The Bertz CT molecular complexity index is 676. The summed E-state index contributed by atoms with van der Waals surface area (Å²) in [5, 5.41) is 18.6. The lowest BCUT2D eigenvalue weighted by Gasteiger charge is -2.13. The van der Waals surface area contributed by atoms with E-state index in [9.17, 15) is 5.11 Å². The van der Waals surface area contributed by atoms with Crippen LogP contribution in [0.25, 0.3) is 11.0 Å². The summed E-state index contributed by atoms with van der Waals surface area (Å²) in [7, 11) is 0. The summed E-state index contributed by atoms with van der Waals surface area (Å²) in [5.74, 6) is 0. The Balaban J connectivity index is 2.47. The zero-order valence-corrected chi connectivity index (χ0v) is 14.1. The molecule has 1 unspecified atom stereocenters. The van der Waals surface area contributed by atoms with E-state index in [0.717, 1.165) is 0 Å². The predicted molar refractivity (Wildman–Crippen MR) is 83.6 cm³/mol. The van der Waals surface area contributed by atoms with Gasteiger partial charge in [-0.3, -0.25) is 4.57 Å². The van der Waals surface area contributed by atoms with Crippen LogP contribution >= 0.6 is 58.0 Å². The van der Waals surface area contributed by atoms with Crippen LogP contribution in [0.5, 0.6) is 0 Å². The second kappa shape index (κ2) is 7.06. The maximum absolute atomic E-state index is 9.47. The first-order valence-electron chi connectivity index (χ1n) is 5.66. The van der Waals surface area contributed by atoms with Gasteiger partial charge in [0.2, 0.25) is 5.28 Å². The topological polar surface area (TPSA) is 67.5 Å². The molecule has 0 fully saturated rings. The van der Waals surface area contributed by atoms with Gasteiger partial charge in [-0.15, -0.1) is 0 Å². The van der Waals surface area contributed by atoms with Gasteiger partial charge in [0.05, 0.1) is 25.6 Å². The number of hydrogen-bond donors (Lipinski definition) is 2. The summed E-state index contributed by atoms with van der Waals surface area (Å²) >= 11 is 30.2. The molecule has 1 heterocycles. The van der Waals surface area contributed by atoms with Crippen molar-refractivity contribution in [2.45, 2.75) is 19.4 Å². The van der Waals surface area contributed by atoms with Gasteiger partial charge in [0.1, 0.15) is 12.2 Å². The molecule has 0 bridgehead atoms. The largest absolute Gasteiger partial charge is 0.396 e. The molecule has 0 radical (unpaired) electrons. The molecular formula is C11H9Cl5N2O3. The molecule has 0 amide bonds. The predicted octanol–water partition coefficient (Wildman–Crippen LogP) is 3.98. The molecule has 0 aliphatic carbocycles. The van der Waals surface area contributed by atoms with Crippen molar-refractivity contribution in [2.24, 2.45) is 0 Å². The van der Waals surface area contributed by atoms with Gasteiger partial charge in [0, 0.05) is 13.0 Å². The van der Waals surface area contributed by atoms with Gasteiger partial charge in [0.15, 0.2) is 6.29 Å². The minimum atomic E-state index is -1.15. The van der Waals surface area contributed by atoms with E-state index in [-0.39, 0.29) is 50.6 Å². The zero-order chi connectivity index (χ0) is 15.7. The number of aromatic nitrogens is 2. The standard InChI is InChI=1S/C11H9Cl5N2O3/c12-5-6(13)8(15)10-9(7(5)14)17-11(16)18(10)3-21-4(20)1-2-19/h4,19-20H,1-3H2. The van der Waals surface area contributed by atoms with E-state index < -0.39 is 6.29 Å². The van der Waals surface area contributed by atoms with Crippen molar-refractivity contribution in [1.29, 1.82) is 0 Å². The second-order valence-electron chi connectivity index (χ2n) is 4.02. The summed E-state index contributed by atoms with van der Waals surface area (Å²) in [4.78, 5) is 4.06. The van der Waals surface area contributed by atoms with E-state index in [4.69, 9.17) is 67.8 Å². The third kappa shape index (κ3) is 3.35. The molecule has 0 aliphatic rings. The SMILES string of the molecule is OCCC(O)OCn1c(Cl)nc2c(Cl)c(Cl)c(Cl)c(Cl)c21. The van der Waals surface area contributed by atoms with Crippen LogP contribution in [-0.2, 0) is 11.5 Å². The fraction of sp³-hybridized carbons (Fsp3) is 0.364. The third-order valence-corrected chi connectivity index (χ3v) is 4.76. The average Bonchev–Trinajstić information content (AvgIpc) is 2.78. The van der Waals surface area contributed by atoms with Crippen LogP contribution in [0.2, 0.25) is 25.4 Å². The van der Waals surface area contributed by atoms with Crippen LogP contribution in [0, 0.1) is 0 Å². The van der Waals surface area contributed by atoms with Crippen molar-refractivity contribution in [1.82, 2.24) is 9.55 Å². The zero-order valence-electron chi connectivity index (χ0n) is 10.3. The van der Waals surface area contributed by atoms with Gasteiger partial charge in [-0.1, -0.05) is 46.4 Å². The third-order valence-electron chi connectivity index (χ3n) is 2.69.